The molecule has 0 aromatic heterocycles. The molecular formula is C13H24N2O3. The summed E-state index contributed by atoms with van der Waals surface area (Å²) in [5.41, 5.74) is 0. The number of carbonyl (C=O) groups is 2. The Kier molecular flexibility index (Phi) is 5.44. The number of carboxylic acids is 1. The fraction of sp³-hybridized carbons (Fsp3) is 0.846. The van der Waals surface area contributed by atoms with E-state index in [2.05, 4.69) is 0 Å². The number of aliphatic carboxylic acids is 1. The Hall–Kier alpha value is -1.26. The van der Waals surface area contributed by atoms with Crippen LogP contribution in [0.1, 0.15) is 40.0 Å². The second kappa shape index (κ2) is 6.61. The third-order valence-electron chi connectivity index (χ3n) is 3.58. The maximum absolute atomic E-state index is 12.4. The summed E-state index contributed by atoms with van der Waals surface area (Å²) in [6, 6.07) is -0.796. The van der Waals surface area contributed by atoms with Crippen molar-refractivity contribution >= 4 is 12.0 Å². The smallest absolute Gasteiger partial charge is 0.326 e. The number of amides is 2. The lowest BCUT2D eigenvalue weighted by Crippen LogP contribution is -2.56. The van der Waals surface area contributed by atoms with Crippen LogP contribution < -0.4 is 0 Å². The minimum atomic E-state index is -0.886. The summed E-state index contributed by atoms with van der Waals surface area (Å²) in [7, 11) is 0. The lowest BCUT2D eigenvalue weighted by molar-refractivity contribution is -0.145. The van der Waals surface area contributed by atoms with Crippen LogP contribution in [-0.2, 0) is 4.79 Å². The quantitative estimate of drug-likeness (QED) is 0.837. The standard InChI is InChI=1S/C13H24N2O3/c1-4-8-14(5-2)13(18)15-9-6-7-10(3)11(15)12(16)17/h10-11H,4-9H2,1-3H3,(H,16,17). The Bertz CT molecular complexity index is 307. The molecule has 104 valence electrons. The number of nitrogens with zero attached hydrogens (tertiary/aromatic N) is 2. The largest absolute Gasteiger partial charge is 0.480 e. The molecular weight excluding hydrogens is 232 g/mol. The van der Waals surface area contributed by atoms with Crippen LogP contribution in [0.3, 0.4) is 0 Å². The summed E-state index contributed by atoms with van der Waals surface area (Å²) in [6.45, 7) is 7.73. The maximum Gasteiger partial charge on any atom is 0.326 e. The average molecular weight is 256 g/mol. The van der Waals surface area contributed by atoms with Crippen LogP contribution in [0, 0.1) is 5.92 Å². The Balaban J connectivity index is 2.83. The van der Waals surface area contributed by atoms with Gasteiger partial charge in [-0.1, -0.05) is 13.8 Å². The molecule has 0 aromatic rings. The molecule has 2 amide bonds. The maximum atomic E-state index is 12.4. The molecule has 1 aliphatic rings. The van der Waals surface area contributed by atoms with Crippen molar-refractivity contribution in [3.05, 3.63) is 0 Å². The summed E-state index contributed by atoms with van der Waals surface area (Å²) in [4.78, 5) is 27.0. The highest BCUT2D eigenvalue weighted by molar-refractivity contribution is 5.83. The minimum absolute atomic E-state index is 0.0283. The molecule has 1 saturated heterocycles. The lowest BCUT2D eigenvalue weighted by Gasteiger charge is -2.39. The van der Waals surface area contributed by atoms with Crippen molar-refractivity contribution in [3.8, 4) is 0 Å². The van der Waals surface area contributed by atoms with Gasteiger partial charge in [-0.15, -0.1) is 0 Å². The van der Waals surface area contributed by atoms with E-state index in [1.807, 2.05) is 20.8 Å². The number of carboxylic acid groups (broad SMARTS) is 1. The second-order valence-corrected chi connectivity index (χ2v) is 4.96. The van der Waals surface area contributed by atoms with Gasteiger partial charge in [0, 0.05) is 19.6 Å². The summed E-state index contributed by atoms with van der Waals surface area (Å²) in [5.74, 6) is -0.858. The van der Waals surface area contributed by atoms with E-state index in [-0.39, 0.29) is 11.9 Å². The zero-order chi connectivity index (χ0) is 13.7. The molecule has 18 heavy (non-hydrogen) atoms. The van der Waals surface area contributed by atoms with E-state index >= 15 is 0 Å². The fourth-order valence-electron chi connectivity index (χ4n) is 2.62. The van der Waals surface area contributed by atoms with Crippen LogP contribution in [0.5, 0.6) is 0 Å². The third-order valence-corrected chi connectivity index (χ3v) is 3.58. The molecule has 0 bridgehead atoms. The second-order valence-electron chi connectivity index (χ2n) is 4.96. The highest BCUT2D eigenvalue weighted by Gasteiger charge is 2.38. The topological polar surface area (TPSA) is 60.9 Å². The Morgan fingerprint density at radius 1 is 1.39 bits per heavy atom. The first kappa shape index (κ1) is 14.8. The van der Waals surface area contributed by atoms with Gasteiger partial charge in [0.2, 0.25) is 0 Å². The number of likely N-dealkylation sites (tertiary alicyclic amines) is 1. The molecule has 1 N–H and O–H groups in total. The van der Waals surface area contributed by atoms with Crippen molar-refractivity contribution in [2.24, 2.45) is 5.92 Å². The monoisotopic (exact) mass is 256 g/mol. The number of piperidine rings is 1. The number of hydrogen-bond donors (Lipinski definition) is 1. The van der Waals surface area contributed by atoms with Crippen LogP contribution in [0.15, 0.2) is 0 Å². The van der Waals surface area contributed by atoms with Crippen LogP contribution in [-0.4, -0.2) is 52.6 Å². The van der Waals surface area contributed by atoms with Gasteiger partial charge in [-0.3, -0.25) is 0 Å². The van der Waals surface area contributed by atoms with E-state index in [1.54, 1.807) is 4.90 Å². The molecule has 0 aromatic carbocycles. The van der Waals surface area contributed by atoms with Crippen molar-refractivity contribution < 1.29 is 14.7 Å². The first-order valence-corrected chi connectivity index (χ1v) is 6.81. The Morgan fingerprint density at radius 2 is 2.06 bits per heavy atom. The fourth-order valence-corrected chi connectivity index (χ4v) is 2.62. The van der Waals surface area contributed by atoms with Crippen LogP contribution in [0.25, 0.3) is 0 Å². The predicted molar refractivity (Wildman–Crippen MR) is 69.5 cm³/mol. The number of carbonyl (C=O) groups excluding carboxylic acids is 1. The predicted octanol–water partition coefficient (Wildman–Crippen LogP) is 2.02. The van der Waals surface area contributed by atoms with Gasteiger partial charge < -0.3 is 14.9 Å². The normalized spacial score (nSPS) is 23.8. The summed E-state index contributed by atoms with van der Waals surface area (Å²) in [5, 5.41) is 9.30. The lowest BCUT2D eigenvalue weighted by atomic mass is 9.91. The molecule has 0 saturated carbocycles. The molecule has 1 fully saturated rings. The van der Waals surface area contributed by atoms with E-state index in [9.17, 15) is 14.7 Å². The van der Waals surface area contributed by atoms with Crippen molar-refractivity contribution in [1.29, 1.82) is 0 Å². The SMILES string of the molecule is CCCN(CC)C(=O)N1CCCC(C)C1C(=O)O. The van der Waals surface area contributed by atoms with Gasteiger partial charge in [0.05, 0.1) is 0 Å². The van der Waals surface area contributed by atoms with Crippen molar-refractivity contribution in [3.63, 3.8) is 0 Å². The van der Waals surface area contributed by atoms with Gasteiger partial charge in [0.25, 0.3) is 0 Å². The van der Waals surface area contributed by atoms with E-state index in [1.165, 1.54) is 4.90 Å². The van der Waals surface area contributed by atoms with Gasteiger partial charge >= 0.3 is 12.0 Å². The molecule has 0 spiro atoms. The molecule has 0 aliphatic carbocycles. The van der Waals surface area contributed by atoms with E-state index in [0.717, 1.165) is 19.3 Å². The van der Waals surface area contributed by atoms with Crippen LogP contribution >= 0.6 is 0 Å². The molecule has 2 atom stereocenters. The summed E-state index contributed by atoms with van der Waals surface area (Å²) in [6.07, 6.45) is 2.65. The highest BCUT2D eigenvalue weighted by atomic mass is 16.4. The first-order chi connectivity index (χ1) is 8.52. The van der Waals surface area contributed by atoms with E-state index in [4.69, 9.17) is 0 Å². The van der Waals surface area contributed by atoms with Crippen molar-refractivity contribution in [1.82, 2.24) is 9.80 Å². The third kappa shape index (κ3) is 3.15. The number of hydrogen-bond acceptors (Lipinski definition) is 2. The molecule has 1 heterocycles. The number of urea groups is 1. The number of rotatable bonds is 4. The Labute approximate surface area is 109 Å². The summed E-state index contributed by atoms with van der Waals surface area (Å²) >= 11 is 0. The Morgan fingerprint density at radius 3 is 2.56 bits per heavy atom. The van der Waals surface area contributed by atoms with Gasteiger partial charge in [0.15, 0.2) is 0 Å². The van der Waals surface area contributed by atoms with E-state index in [0.29, 0.717) is 19.6 Å². The van der Waals surface area contributed by atoms with Gasteiger partial charge in [-0.25, -0.2) is 9.59 Å². The van der Waals surface area contributed by atoms with Crippen LogP contribution in [0.2, 0.25) is 0 Å². The summed E-state index contributed by atoms with van der Waals surface area (Å²) < 4.78 is 0. The molecule has 2 unspecified atom stereocenters. The average Bonchev–Trinajstić information content (AvgIpc) is 2.34. The minimum Gasteiger partial charge on any atom is -0.480 e. The molecule has 0 radical (unpaired) electrons. The van der Waals surface area contributed by atoms with E-state index < -0.39 is 12.0 Å². The van der Waals surface area contributed by atoms with Crippen LogP contribution in [0.4, 0.5) is 4.79 Å². The molecule has 1 rings (SSSR count). The van der Waals surface area contributed by atoms with Crippen molar-refractivity contribution in [2.45, 2.75) is 46.1 Å². The first-order valence-electron chi connectivity index (χ1n) is 6.81. The zero-order valence-corrected chi connectivity index (χ0v) is 11.6. The molecule has 1 aliphatic heterocycles. The van der Waals surface area contributed by atoms with Gasteiger partial charge in [-0.2, -0.15) is 0 Å². The van der Waals surface area contributed by atoms with Crippen molar-refractivity contribution in [2.75, 3.05) is 19.6 Å². The highest BCUT2D eigenvalue weighted by Crippen LogP contribution is 2.24. The van der Waals surface area contributed by atoms with Gasteiger partial charge in [-0.05, 0) is 32.1 Å². The molecule has 5 nitrogen and oxygen atoms in total. The zero-order valence-electron chi connectivity index (χ0n) is 11.6. The molecule has 5 heteroatoms. The van der Waals surface area contributed by atoms with Gasteiger partial charge in [0.1, 0.15) is 6.04 Å².